The first-order chi connectivity index (χ1) is 10.0. The second kappa shape index (κ2) is 6.02. The largest absolute Gasteiger partial charge is 0.308 e. The average Bonchev–Trinajstić information content (AvgIpc) is 3.10. The van der Waals surface area contributed by atoms with Gasteiger partial charge in [-0.1, -0.05) is 39.7 Å². The van der Waals surface area contributed by atoms with Crippen molar-refractivity contribution >= 4 is 11.3 Å². The third kappa shape index (κ3) is 3.20. The van der Waals surface area contributed by atoms with E-state index in [-0.39, 0.29) is 5.41 Å². The Kier molecular flexibility index (Phi) is 4.45. The van der Waals surface area contributed by atoms with Crippen molar-refractivity contribution < 1.29 is 0 Å². The lowest BCUT2D eigenvalue weighted by molar-refractivity contribution is 0.0623. The first-order valence-corrected chi connectivity index (χ1v) is 9.46. The van der Waals surface area contributed by atoms with Crippen molar-refractivity contribution in [3.8, 4) is 0 Å². The number of nitrogens with zero attached hydrogens (tertiary/aromatic N) is 1. The van der Waals surface area contributed by atoms with Gasteiger partial charge in [-0.15, -0.1) is 11.3 Å². The van der Waals surface area contributed by atoms with Crippen LogP contribution in [0.4, 0.5) is 0 Å². The zero-order chi connectivity index (χ0) is 14.9. The summed E-state index contributed by atoms with van der Waals surface area (Å²) < 4.78 is 0. The molecular weight excluding hydrogens is 276 g/mol. The van der Waals surface area contributed by atoms with Crippen LogP contribution in [-0.2, 0) is 5.41 Å². The lowest BCUT2D eigenvalue weighted by atomic mass is 9.86. The highest BCUT2D eigenvalue weighted by Gasteiger charge is 2.42. The van der Waals surface area contributed by atoms with E-state index in [4.69, 9.17) is 0 Å². The van der Waals surface area contributed by atoms with Crippen molar-refractivity contribution in [3.63, 3.8) is 0 Å². The topological polar surface area (TPSA) is 15.3 Å². The smallest absolute Gasteiger partial charge is 0.0309 e. The van der Waals surface area contributed by atoms with E-state index < -0.39 is 0 Å². The molecule has 1 aliphatic carbocycles. The molecule has 0 radical (unpaired) electrons. The first kappa shape index (κ1) is 15.5. The van der Waals surface area contributed by atoms with Crippen LogP contribution in [0.25, 0.3) is 0 Å². The van der Waals surface area contributed by atoms with Gasteiger partial charge in [0.25, 0.3) is 0 Å². The fourth-order valence-electron chi connectivity index (χ4n) is 4.26. The third-order valence-corrected chi connectivity index (χ3v) is 6.79. The van der Waals surface area contributed by atoms with Crippen LogP contribution in [0.15, 0.2) is 17.5 Å². The Balaban J connectivity index is 1.74. The van der Waals surface area contributed by atoms with Crippen LogP contribution >= 0.6 is 11.3 Å². The summed E-state index contributed by atoms with van der Waals surface area (Å²) in [4.78, 5) is 4.32. The van der Waals surface area contributed by atoms with Crippen molar-refractivity contribution in [1.82, 2.24) is 10.2 Å². The minimum absolute atomic E-state index is 0.263. The molecule has 1 N–H and O–H groups in total. The van der Waals surface area contributed by atoms with Crippen molar-refractivity contribution in [1.29, 1.82) is 0 Å². The van der Waals surface area contributed by atoms with Crippen molar-refractivity contribution in [2.24, 2.45) is 0 Å². The molecule has 1 spiro atoms. The molecule has 0 bridgehead atoms. The van der Waals surface area contributed by atoms with Crippen molar-refractivity contribution in [2.45, 2.75) is 69.9 Å². The molecule has 2 fully saturated rings. The summed E-state index contributed by atoms with van der Waals surface area (Å²) >= 11 is 1.91. The SMILES string of the molecule is CCC1CNC2(CCCC2)CN1CC(C)(C)c1cccs1. The molecule has 1 saturated carbocycles. The standard InChI is InChI=1S/C18H30N2S/c1-4-15-12-19-18(9-5-6-10-18)14-20(15)13-17(2,3)16-8-7-11-21-16/h7-8,11,15,19H,4-6,9-10,12-14H2,1-3H3. The number of hydrogen-bond donors (Lipinski definition) is 1. The highest BCUT2D eigenvalue weighted by atomic mass is 32.1. The third-order valence-electron chi connectivity index (χ3n) is 5.55. The molecule has 1 unspecified atom stereocenters. The van der Waals surface area contributed by atoms with Gasteiger partial charge < -0.3 is 5.32 Å². The first-order valence-electron chi connectivity index (χ1n) is 8.58. The lowest BCUT2D eigenvalue weighted by Gasteiger charge is -2.48. The summed E-state index contributed by atoms with van der Waals surface area (Å²) in [6.07, 6.45) is 6.82. The van der Waals surface area contributed by atoms with Crippen LogP contribution in [0, 0.1) is 0 Å². The van der Waals surface area contributed by atoms with Crippen LogP contribution in [0.5, 0.6) is 0 Å². The van der Waals surface area contributed by atoms with Gasteiger partial charge in [-0.3, -0.25) is 4.90 Å². The maximum absolute atomic E-state index is 3.91. The van der Waals surface area contributed by atoms with Gasteiger partial charge >= 0.3 is 0 Å². The summed E-state index contributed by atoms with van der Waals surface area (Å²) in [5.41, 5.74) is 0.690. The van der Waals surface area contributed by atoms with E-state index in [1.54, 1.807) is 0 Å². The van der Waals surface area contributed by atoms with Crippen LogP contribution in [-0.4, -0.2) is 36.1 Å². The van der Waals surface area contributed by atoms with Crippen molar-refractivity contribution in [3.05, 3.63) is 22.4 Å². The fourth-order valence-corrected chi connectivity index (χ4v) is 5.11. The number of nitrogens with one attached hydrogen (secondary N) is 1. The summed E-state index contributed by atoms with van der Waals surface area (Å²) in [6, 6.07) is 5.20. The molecule has 1 aromatic heterocycles. The van der Waals surface area contributed by atoms with Gasteiger partial charge in [0, 0.05) is 41.5 Å². The molecule has 1 atom stereocenters. The van der Waals surface area contributed by atoms with Crippen LogP contribution < -0.4 is 5.32 Å². The summed E-state index contributed by atoms with van der Waals surface area (Å²) in [6.45, 7) is 10.8. The predicted octanol–water partition coefficient (Wildman–Crippen LogP) is 4.02. The van der Waals surface area contributed by atoms with Crippen molar-refractivity contribution in [2.75, 3.05) is 19.6 Å². The Hall–Kier alpha value is -0.380. The molecule has 1 aliphatic heterocycles. The Labute approximate surface area is 133 Å². The van der Waals surface area contributed by atoms with Crippen LogP contribution in [0.2, 0.25) is 0 Å². The second-order valence-electron chi connectivity index (χ2n) is 7.70. The fraction of sp³-hybridized carbons (Fsp3) is 0.778. The normalized spacial score (nSPS) is 26.5. The molecule has 3 rings (SSSR count). The molecular formula is C18H30N2S. The van der Waals surface area contributed by atoms with E-state index in [2.05, 4.69) is 48.5 Å². The molecule has 1 saturated heterocycles. The predicted molar refractivity (Wildman–Crippen MR) is 92.2 cm³/mol. The van der Waals surface area contributed by atoms with E-state index >= 15 is 0 Å². The van der Waals surface area contributed by atoms with Crippen LogP contribution in [0.1, 0.15) is 57.8 Å². The molecule has 118 valence electrons. The molecule has 21 heavy (non-hydrogen) atoms. The number of piperazine rings is 1. The molecule has 3 heteroatoms. The van der Waals surface area contributed by atoms with E-state index in [9.17, 15) is 0 Å². The molecule has 0 amide bonds. The van der Waals surface area contributed by atoms with E-state index in [1.807, 2.05) is 11.3 Å². The molecule has 2 aliphatic rings. The van der Waals surface area contributed by atoms with Gasteiger partial charge in [-0.25, -0.2) is 0 Å². The molecule has 0 aromatic carbocycles. The van der Waals surface area contributed by atoms with Gasteiger partial charge in [0.2, 0.25) is 0 Å². The number of rotatable bonds is 4. The molecule has 1 aromatic rings. The zero-order valence-electron chi connectivity index (χ0n) is 13.8. The van der Waals surface area contributed by atoms with Gasteiger partial charge in [0.1, 0.15) is 0 Å². The van der Waals surface area contributed by atoms with Gasteiger partial charge in [0.15, 0.2) is 0 Å². The Morgan fingerprint density at radius 2 is 2.14 bits per heavy atom. The van der Waals surface area contributed by atoms with Gasteiger partial charge in [0.05, 0.1) is 0 Å². The number of thiophene rings is 1. The quantitative estimate of drug-likeness (QED) is 0.904. The molecule has 2 heterocycles. The van der Waals surface area contributed by atoms with E-state index in [0.717, 1.165) is 0 Å². The number of hydrogen-bond acceptors (Lipinski definition) is 3. The minimum Gasteiger partial charge on any atom is -0.308 e. The maximum Gasteiger partial charge on any atom is 0.0309 e. The lowest BCUT2D eigenvalue weighted by Crippen LogP contribution is -2.64. The van der Waals surface area contributed by atoms with Gasteiger partial charge in [-0.2, -0.15) is 0 Å². The minimum atomic E-state index is 0.263. The second-order valence-corrected chi connectivity index (χ2v) is 8.64. The zero-order valence-corrected chi connectivity index (χ0v) is 14.6. The summed E-state index contributed by atoms with van der Waals surface area (Å²) in [5, 5.41) is 6.12. The van der Waals surface area contributed by atoms with E-state index in [1.165, 1.54) is 56.6 Å². The highest BCUT2D eigenvalue weighted by molar-refractivity contribution is 7.10. The maximum atomic E-state index is 3.91. The summed E-state index contributed by atoms with van der Waals surface area (Å²) in [7, 11) is 0. The Bertz CT molecular complexity index is 446. The Morgan fingerprint density at radius 3 is 2.76 bits per heavy atom. The Morgan fingerprint density at radius 1 is 1.38 bits per heavy atom. The summed E-state index contributed by atoms with van der Waals surface area (Å²) in [5.74, 6) is 0. The molecule has 2 nitrogen and oxygen atoms in total. The monoisotopic (exact) mass is 306 g/mol. The van der Waals surface area contributed by atoms with Gasteiger partial charge in [-0.05, 0) is 30.7 Å². The highest BCUT2D eigenvalue weighted by Crippen LogP contribution is 2.36. The van der Waals surface area contributed by atoms with E-state index in [0.29, 0.717) is 11.6 Å². The average molecular weight is 307 g/mol. The van der Waals surface area contributed by atoms with Crippen LogP contribution in [0.3, 0.4) is 0 Å².